The number of aromatic nitrogens is 2. The molecule has 1 heterocycles. The second-order valence-electron chi connectivity index (χ2n) is 3.81. The molecule has 2 aromatic rings. The number of methoxy groups -OCH3 is 1. The molecular weight excluding hydrogens is 214 g/mol. The summed E-state index contributed by atoms with van der Waals surface area (Å²) in [5.41, 5.74) is 2.03. The Hall–Kier alpha value is -1.97. The van der Waals surface area contributed by atoms with Crippen LogP contribution in [0.5, 0.6) is 5.75 Å². The van der Waals surface area contributed by atoms with Gasteiger partial charge in [0.25, 0.3) is 0 Å². The number of ether oxygens (including phenoxy) is 1. The van der Waals surface area contributed by atoms with Crippen LogP contribution in [0, 0.1) is 6.92 Å². The molecular formula is C13H17N3O. The average Bonchev–Trinajstić information content (AvgIpc) is 2.71. The van der Waals surface area contributed by atoms with Gasteiger partial charge in [-0.15, -0.1) is 0 Å². The maximum absolute atomic E-state index is 5.23. The SMILES string of the molecule is CCNc1nc(C)cn1-c1cccc(OC)c1. The molecule has 4 nitrogen and oxygen atoms in total. The van der Waals surface area contributed by atoms with Crippen LogP contribution in [0.3, 0.4) is 0 Å². The number of nitrogens with zero attached hydrogens (tertiary/aromatic N) is 2. The topological polar surface area (TPSA) is 39.1 Å². The fourth-order valence-electron chi connectivity index (χ4n) is 1.74. The molecule has 90 valence electrons. The molecule has 2 rings (SSSR count). The summed E-state index contributed by atoms with van der Waals surface area (Å²) in [5, 5.41) is 3.24. The number of aryl methyl sites for hydroxylation is 1. The van der Waals surface area contributed by atoms with E-state index in [0.29, 0.717) is 0 Å². The van der Waals surface area contributed by atoms with Crippen molar-refractivity contribution < 1.29 is 4.74 Å². The van der Waals surface area contributed by atoms with E-state index in [1.54, 1.807) is 7.11 Å². The summed E-state index contributed by atoms with van der Waals surface area (Å²) in [6.07, 6.45) is 2.01. The van der Waals surface area contributed by atoms with Gasteiger partial charge in [-0.1, -0.05) is 6.07 Å². The summed E-state index contributed by atoms with van der Waals surface area (Å²) in [4.78, 5) is 4.44. The number of nitrogens with one attached hydrogen (secondary N) is 1. The van der Waals surface area contributed by atoms with Crippen LogP contribution in [0.2, 0.25) is 0 Å². The average molecular weight is 231 g/mol. The van der Waals surface area contributed by atoms with Gasteiger partial charge in [-0.2, -0.15) is 0 Å². The number of anilines is 1. The Kier molecular flexibility index (Phi) is 3.32. The van der Waals surface area contributed by atoms with Gasteiger partial charge in [0.15, 0.2) is 0 Å². The quantitative estimate of drug-likeness (QED) is 0.879. The third kappa shape index (κ3) is 2.41. The van der Waals surface area contributed by atoms with E-state index < -0.39 is 0 Å². The van der Waals surface area contributed by atoms with Crippen molar-refractivity contribution in [3.63, 3.8) is 0 Å². The Morgan fingerprint density at radius 3 is 2.94 bits per heavy atom. The molecule has 1 N–H and O–H groups in total. The standard InChI is InChI=1S/C13H17N3O/c1-4-14-13-15-10(2)9-16(13)11-6-5-7-12(8-11)17-3/h5-9H,4H2,1-3H3,(H,14,15). The van der Waals surface area contributed by atoms with Gasteiger partial charge in [-0.3, -0.25) is 4.57 Å². The molecule has 17 heavy (non-hydrogen) atoms. The van der Waals surface area contributed by atoms with E-state index in [9.17, 15) is 0 Å². The van der Waals surface area contributed by atoms with Gasteiger partial charge < -0.3 is 10.1 Å². The highest BCUT2D eigenvalue weighted by molar-refractivity contribution is 5.46. The summed E-state index contributed by atoms with van der Waals surface area (Å²) < 4.78 is 7.26. The van der Waals surface area contributed by atoms with Crippen LogP contribution >= 0.6 is 0 Å². The van der Waals surface area contributed by atoms with Crippen molar-refractivity contribution in [2.75, 3.05) is 19.0 Å². The monoisotopic (exact) mass is 231 g/mol. The fourth-order valence-corrected chi connectivity index (χ4v) is 1.74. The number of rotatable bonds is 4. The zero-order valence-corrected chi connectivity index (χ0v) is 10.4. The van der Waals surface area contributed by atoms with Gasteiger partial charge in [0, 0.05) is 18.8 Å². The van der Waals surface area contributed by atoms with Gasteiger partial charge >= 0.3 is 0 Å². The Morgan fingerprint density at radius 2 is 2.24 bits per heavy atom. The van der Waals surface area contributed by atoms with Crippen molar-refractivity contribution in [2.45, 2.75) is 13.8 Å². The van der Waals surface area contributed by atoms with Crippen LogP contribution in [-0.2, 0) is 0 Å². The molecule has 0 atom stereocenters. The highest BCUT2D eigenvalue weighted by atomic mass is 16.5. The molecule has 0 saturated carbocycles. The van der Waals surface area contributed by atoms with E-state index in [0.717, 1.165) is 29.6 Å². The minimum absolute atomic E-state index is 0.844. The molecule has 0 unspecified atom stereocenters. The van der Waals surface area contributed by atoms with Crippen molar-refractivity contribution in [3.05, 3.63) is 36.2 Å². The molecule has 0 aliphatic carbocycles. The second kappa shape index (κ2) is 4.91. The molecule has 4 heteroatoms. The van der Waals surface area contributed by atoms with E-state index >= 15 is 0 Å². The smallest absolute Gasteiger partial charge is 0.207 e. The first-order chi connectivity index (χ1) is 8.24. The Morgan fingerprint density at radius 1 is 1.41 bits per heavy atom. The van der Waals surface area contributed by atoms with Crippen molar-refractivity contribution in [2.24, 2.45) is 0 Å². The first kappa shape index (κ1) is 11.5. The minimum atomic E-state index is 0.844. The van der Waals surface area contributed by atoms with Gasteiger partial charge in [-0.25, -0.2) is 4.98 Å². The van der Waals surface area contributed by atoms with Gasteiger partial charge in [0.1, 0.15) is 5.75 Å². The minimum Gasteiger partial charge on any atom is -0.497 e. The van der Waals surface area contributed by atoms with E-state index in [2.05, 4.69) is 17.2 Å². The van der Waals surface area contributed by atoms with Crippen molar-refractivity contribution in [1.29, 1.82) is 0 Å². The van der Waals surface area contributed by atoms with E-state index in [1.165, 1.54) is 0 Å². The maximum Gasteiger partial charge on any atom is 0.207 e. The lowest BCUT2D eigenvalue weighted by Crippen LogP contribution is -2.04. The molecule has 1 aromatic heterocycles. The molecule has 0 bridgehead atoms. The third-order valence-electron chi connectivity index (χ3n) is 2.49. The number of benzene rings is 1. The van der Waals surface area contributed by atoms with Crippen molar-refractivity contribution in [3.8, 4) is 11.4 Å². The fraction of sp³-hybridized carbons (Fsp3) is 0.308. The highest BCUT2D eigenvalue weighted by Gasteiger charge is 2.06. The highest BCUT2D eigenvalue weighted by Crippen LogP contribution is 2.20. The first-order valence-corrected chi connectivity index (χ1v) is 5.69. The predicted molar refractivity (Wildman–Crippen MR) is 69.0 cm³/mol. The van der Waals surface area contributed by atoms with Gasteiger partial charge in [0.05, 0.1) is 18.5 Å². The molecule has 0 amide bonds. The molecule has 0 fully saturated rings. The van der Waals surface area contributed by atoms with Crippen LogP contribution in [0.4, 0.5) is 5.95 Å². The van der Waals surface area contributed by atoms with Crippen LogP contribution in [0.15, 0.2) is 30.5 Å². The van der Waals surface area contributed by atoms with Gasteiger partial charge in [0.2, 0.25) is 5.95 Å². The van der Waals surface area contributed by atoms with Crippen molar-refractivity contribution >= 4 is 5.95 Å². The third-order valence-corrected chi connectivity index (χ3v) is 2.49. The van der Waals surface area contributed by atoms with Crippen molar-refractivity contribution in [1.82, 2.24) is 9.55 Å². The summed E-state index contributed by atoms with van der Waals surface area (Å²) in [6.45, 7) is 4.89. The summed E-state index contributed by atoms with van der Waals surface area (Å²) in [7, 11) is 1.67. The maximum atomic E-state index is 5.23. The Bertz CT molecular complexity index is 505. The predicted octanol–water partition coefficient (Wildman–Crippen LogP) is 2.62. The first-order valence-electron chi connectivity index (χ1n) is 5.69. The summed E-state index contributed by atoms with van der Waals surface area (Å²) in [6, 6.07) is 7.92. The largest absolute Gasteiger partial charge is 0.497 e. The van der Waals surface area contributed by atoms with Crippen LogP contribution in [0.1, 0.15) is 12.6 Å². The lowest BCUT2D eigenvalue weighted by atomic mass is 10.3. The van der Waals surface area contributed by atoms with Crippen LogP contribution < -0.4 is 10.1 Å². The molecule has 0 aliphatic rings. The van der Waals surface area contributed by atoms with Gasteiger partial charge in [-0.05, 0) is 26.0 Å². The normalized spacial score (nSPS) is 10.3. The van der Waals surface area contributed by atoms with Crippen LogP contribution in [-0.4, -0.2) is 23.2 Å². The zero-order chi connectivity index (χ0) is 12.3. The molecule has 1 aromatic carbocycles. The van der Waals surface area contributed by atoms with Crippen LogP contribution in [0.25, 0.3) is 5.69 Å². The summed E-state index contributed by atoms with van der Waals surface area (Å²) in [5.74, 6) is 1.70. The number of hydrogen-bond donors (Lipinski definition) is 1. The number of imidazole rings is 1. The zero-order valence-electron chi connectivity index (χ0n) is 10.4. The lowest BCUT2D eigenvalue weighted by Gasteiger charge is -2.09. The molecule has 0 aliphatic heterocycles. The van der Waals surface area contributed by atoms with E-state index in [-0.39, 0.29) is 0 Å². The molecule has 0 saturated heterocycles. The Balaban J connectivity index is 2.43. The summed E-state index contributed by atoms with van der Waals surface area (Å²) >= 11 is 0. The lowest BCUT2D eigenvalue weighted by molar-refractivity contribution is 0.414. The number of hydrogen-bond acceptors (Lipinski definition) is 3. The Labute approximate surface area is 101 Å². The van der Waals surface area contributed by atoms with E-state index in [1.807, 2.05) is 42.0 Å². The van der Waals surface area contributed by atoms with E-state index in [4.69, 9.17) is 4.74 Å². The second-order valence-corrected chi connectivity index (χ2v) is 3.81. The molecule has 0 radical (unpaired) electrons. The molecule has 0 spiro atoms.